The Morgan fingerprint density at radius 2 is 1.79 bits per heavy atom. The SMILES string of the molecule is O=S(=O)(CC1CCCO1)N1CCC2(CC1)OCCO2. The van der Waals surface area contributed by atoms with Gasteiger partial charge in [0.25, 0.3) is 0 Å². The number of hydrogen-bond acceptors (Lipinski definition) is 5. The molecule has 7 heteroatoms. The Morgan fingerprint density at radius 3 is 2.37 bits per heavy atom. The number of ether oxygens (including phenoxy) is 3. The Hall–Kier alpha value is -0.210. The highest BCUT2D eigenvalue weighted by Gasteiger charge is 2.42. The monoisotopic (exact) mass is 291 g/mol. The summed E-state index contributed by atoms with van der Waals surface area (Å²) in [6.45, 7) is 2.88. The van der Waals surface area contributed by atoms with E-state index in [1.54, 1.807) is 4.31 Å². The summed E-state index contributed by atoms with van der Waals surface area (Å²) in [7, 11) is -3.22. The summed E-state index contributed by atoms with van der Waals surface area (Å²) in [6, 6.07) is 0. The molecule has 0 amide bonds. The molecule has 1 unspecified atom stereocenters. The molecule has 19 heavy (non-hydrogen) atoms. The van der Waals surface area contributed by atoms with Gasteiger partial charge in [0.2, 0.25) is 10.0 Å². The fourth-order valence-electron chi connectivity index (χ4n) is 3.01. The van der Waals surface area contributed by atoms with E-state index >= 15 is 0 Å². The van der Waals surface area contributed by atoms with Crippen molar-refractivity contribution in [3.05, 3.63) is 0 Å². The molecule has 0 aromatic rings. The maximum absolute atomic E-state index is 12.3. The summed E-state index contributed by atoms with van der Waals surface area (Å²) in [5, 5.41) is 0. The van der Waals surface area contributed by atoms with Crippen molar-refractivity contribution in [1.29, 1.82) is 0 Å². The van der Waals surface area contributed by atoms with Crippen LogP contribution in [0.25, 0.3) is 0 Å². The quantitative estimate of drug-likeness (QED) is 0.750. The molecule has 0 aromatic heterocycles. The van der Waals surface area contributed by atoms with Gasteiger partial charge in [0.1, 0.15) is 0 Å². The molecule has 3 saturated heterocycles. The van der Waals surface area contributed by atoms with Gasteiger partial charge in [-0.25, -0.2) is 12.7 Å². The van der Waals surface area contributed by atoms with Gasteiger partial charge in [-0.2, -0.15) is 0 Å². The normalized spacial score (nSPS) is 32.1. The number of nitrogens with zero attached hydrogens (tertiary/aromatic N) is 1. The third-order valence-electron chi connectivity index (χ3n) is 4.11. The maximum Gasteiger partial charge on any atom is 0.216 e. The van der Waals surface area contributed by atoms with E-state index in [2.05, 4.69) is 0 Å². The first-order valence-corrected chi connectivity index (χ1v) is 8.58. The minimum atomic E-state index is -3.22. The molecule has 3 aliphatic rings. The predicted octanol–water partition coefficient (Wildman–Crippen LogP) is 0.334. The molecule has 1 atom stereocenters. The molecule has 6 nitrogen and oxygen atoms in total. The van der Waals surface area contributed by atoms with Crippen molar-refractivity contribution in [2.24, 2.45) is 0 Å². The van der Waals surface area contributed by atoms with Crippen LogP contribution in [0.3, 0.4) is 0 Å². The molecular weight excluding hydrogens is 270 g/mol. The van der Waals surface area contributed by atoms with Crippen LogP contribution >= 0.6 is 0 Å². The van der Waals surface area contributed by atoms with Crippen molar-refractivity contribution in [2.75, 3.05) is 38.7 Å². The van der Waals surface area contributed by atoms with Crippen molar-refractivity contribution >= 4 is 10.0 Å². The van der Waals surface area contributed by atoms with Crippen molar-refractivity contribution in [3.8, 4) is 0 Å². The van der Waals surface area contributed by atoms with Gasteiger partial charge in [0.05, 0.1) is 25.1 Å². The molecule has 3 aliphatic heterocycles. The van der Waals surface area contributed by atoms with E-state index in [0.717, 1.165) is 12.8 Å². The molecular formula is C12H21NO5S. The van der Waals surface area contributed by atoms with Crippen molar-refractivity contribution in [3.63, 3.8) is 0 Å². The highest BCUT2D eigenvalue weighted by Crippen LogP contribution is 2.32. The Labute approximate surface area is 114 Å². The Bertz CT molecular complexity index is 402. The zero-order valence-electron chi connectivity index (χ0n) is 11.0. The molecule has 3 heterocycles. The molecule has 0 saturated carbocycles. The minimum absolute atomic E-state index is 0.113. The van der Waals surface area contributed by atoms with Gasteiger partial charge in [-0.05, 0) is 12.8 Å². The lowest BCUT2D eigenvalue weighted by Gasteiger charge is -2.37. The second-order valence-corrected chi connectivity index (χ2v) is 7.43. The molecule has 110 valence electrons. The fraction of sp³-hybridized carbons (Fsp3) is 1.00. The van der Waals surface area contributed by atoms with Crippen molar-refractivity contribution in [2.45, 2.75) is 37.6 Å². The largest absolute Gasteiger partial charge is 0.377 e. The first-order chi connectivity index (χ1) is 9.10. The van der Waals surface area contributed by atoms with Crippen LogP contribution in [0.4, 0.5) is 0 Å². The van der Waals surface area contributed by atoms with E-state index in [0.29, 0.717) is 45.8 Å². The minimum Gasteiger partial charge on any atom is -0.377 e. The molecule has 3 rings (SSSR count). The zero-order valence-corrected chi connectivity index (χ0v) is 11.9. The smallest absolute Gasteiger partial charge is 0.216 e. The van der Waals surface area contributed by atoms with E-state index in [1.165, 1.54) is 0 Å². The van der Waals surface area contributed by atoms with Crippen LogP contribution < -0.4 is 0 Å². The van der Waals surface area contributed by atoms with Gasteiger partial charge < -0.3 is 14.2 Å². The Morgan fingerprint density at radius 1 is 1.11 bits per heavy atom. The lowest BCUT2D eigenvalue weighted by atomic mass is 10.1. The maximum atomic E-state index is 12.3. The number of piperidine rings is 1. The van der Waals surface area contributed by atoms with E-state index in [9.17, 15) is 8.42 Å². The average Bonchev–Trinajstić information content (AvgIpc) is 3.02. The van der Waals surface area contributed by atoms with Gasteiger partial charge >= 0.3 is 0 Å². The standard InChI is InChI=1S/C12H21NO5S/c14-19(15,10-11-2-1-7-16-11)13-5-3-12(4-6-13)17-8-9-18-12/h11H,1-10H2. The lowest BCUT2D eigenvalue weighted by molar-refractivity contribution is -0.179. The molecule has 0 aliphatic carbocycles. The number of hydrogen-bond donors (Lipinski definition) is 0. The predicted molar refractivity (Wildman–Crippen MR) is 68.2 cm³/mol. The number of rotatable bonds is 3. The fourth-order valence-corrected chi connectivity index (χ4v) is 4.69. The number of sulfonamides is 1. The first kappa shape index (κ1) is 13.8. The summed E-state index contributed by atoms with van der Waals surface area (Å²) in [4.78, 5) is 0. The summed E-state index contributed by atoms with van der Waals surface area (Å²) in [5.41, 5.74) is 0. The third kappa shape index (κ3) is 2.95. The van der Waals surface area contributed by atoms with Crippen LogP contribution in [0.1, 0.15) is 25.7 Å². The molecule has 0 radical (unpaired) electrons. The van der Waals surface area contributed by atoms with Gasteiger partial charge in [-0.1, -0.05) is 0 Å². The van der Waals surface area contributed by atoms with Crippen molar-refractivity contribution in [1.82, 2.24) is 4.31 Å². The van der Waals surface area contributed by atoms with Gasteiger partial charge in [0.15, 0.2) is 5.79 Å². The topological polar surface area (TPSA) is 65.1 Å². The van der Waals surface area contributed by atoms with E-state index < -0.39 is 15.8 Å². The second-order valence-electron chi connectivity index (χ2n) is 5.42. The average molecular weight is 291 g/mol. The summed E-state index contributed by atoms with van der Waals surface area (Å²) in [6.07, 6.45) is 2.93. The van der Waals surface area contributed by atoms with Crippen LogP contribution in [0.5, 0.6) is 0 Å². The third-order valence-corrected chi connectivity index (χ3v) is 6.06. The summed E-state index contributed by atoms with van der Waals surface area (Å²) in [5.74, 6) is -0.405. The van der Waals surface area contributed by atoms with Gasteiger partial charge in [0, 0.05) is 32.5 Å². The van der Waals surface area contributed by atoms with Gasteiger partial charge in [-0.15, -0.1) is 0 Å². The highest BCUT2D eigenvalue weighted by atomic mass is 32.2. The Kier molecular flexibility index (Phi) is 3.83. The van der Waals surface area contributed by atoms with E-state index in [4.69, 9.17) is 14.2 Å². The first-order valence-electron chi connectivity index (χ1n) is 6.97. The van der Waals surface area contributed by atoms with Gasteiger partial charge in [-0.3, -0.25) is 0 Å². The lowest BCUT2D eigenvalue weighted by Crippen LogP contribution is -2.48. The van der Waals surface area contributed by atoms with Crippen LogP contribution in [-0.4, -0.2) is 63.3 Å². The van der Waals surface area contributed by atoms with E-state index in [-0.39, 0.29) is 11.9 Å². The Balaban J connectivity index is 1.57. The molecule has 0 N–H and O–H groups in total. The highest BCUT2D eigenvalue weighted by molar-refractivity contribution is 7.89. The zero-order chi connectivity index (χ0) is 13.3. The van der Waals surface area contributed by atoms with E-state index in [1.807, 2.05) is 0 Å². The molecule has 0 bridgehead atoms. The van der Waals surface area contributed by atoms with Crippen LogP contribution in [0.2, 0.25) is 0 Å². The molecule has 3 fully saturated rings. The van der Waals surface area contributed by atoms with Crippen LogP contribution in [-0.2, 0) is 24.2 Å². The molecule has 1 spiro atoms. The summed E-state index contributed by atoms with van der Waals surface area (Å²) >= 11 is 0. The van der Waals surface area contributed by atoms with Crippen LogP contribution in [0, 0.1) is 0 Å². The second kappa shape index (κ2) is 5.29. The molecule has 0 aromatic carbocycles. The summed E-state index contributed by atoms with van der Waals surface area (Å²) < 4.78 is 42.8. The van der Waals surface area contributed by atoms with Crippen molar-refractivity contribution < 1.29 is 22.6 Å². The van der Waals surface area contributed by atoms with Crippen LogP contribution in [0.15, 0.2) is 0 Å².